The first-order valence-corrected chi connectivity index (χ1v) is 12.8. The number of carbonyl (C=O) groups excluding carboxylic acids is 2. The molecule has 1 aliphatic carbocycles. The zero-order valence-corrected chi connectivity index (χ0v) is 21.3. The van der Waals surface area contributed by atoms with Crippen molar-refractivity contribution in [3.8, 4) is 5.75 Å². The summed E-state index contributed by atoms with van der Waals surface area (Å²) in [4.78, 5) is 40.7. The van der Waals surface area contributed by atoms with Gasteiger partial charge in [-0.2, -0.15) is 4.98 Å². The molecule has 3 aliphatic rings. The molecule has 2 aliphatic heterocycles. The fourth-order valence-electron chi connectivity index (χ4n) is 5.33. The van der Waals surface area contributed by atoms with Crippen molar-refractivity contribution in [2.24, 2.45) is 0 Å². The van der Waals surface area contributed by atoms with Crippen molar-refractivity contribution in [3.63, 3.8) is 0 Å². The summed E-state index contributed by atoms with van der Waals surface area (Å²) in [5, 5.41) is 6.39. The Labute approximate surface area is 212 Å². The normalized spacial score (nSPS) is 19.4. The quantitative estimate of drug-likeness (QED) is 0.633. The Morgan fingerprint density at radius 1 is 1.11 bits per heavy atom. The number of likely N-dealkylation sites (tertiary alicyclic amines) is 1. The van der Waals surface area contributed by atoms with E-state index in [9.17, 15) is 9.59 Å². The molecule has 5 rings (SSSR count). The molecular weight excluding hydrogens is 458 g/mol. The smallest absolute Gasteiger partial charge is 0.251 e. The summed E-state index contributed by atoms with van der Waals surface area (Å²) >= 11 is 0. The molecule has 3 heterocycles. The van der Waals surface area contributed by atoms with Crippen LogP contribution in [0.15, 0.2) is 24.4 Å². The van der Waals surface area contributed by atoms with Gasteiger partial charge in [0.25, 0.3) is 5.91 Å². The number of fused-ring (bicyclic) bond motifs is 1. The second-order valence-corrected chi connectivity index (χ2v) is 10.0. The van der Waals surface area contributed by atoms with E-state index in [1.807, 2.05) is 6.07 Å². The first kappa shape index (κ1) is 24.3. The molecule has 10 heteroatoms. The average Bonchev–Trinajstić information content (AvgIpc) is 3.42. The lowest BCUT2D eigenvalue weighted by molar-refractivity contribution is -0.117. The van der Waals surface area contributed by atoms with Crippen LogP contribution < -0.4 is 25.2 Å². The van der Waals surface area contributed by atoms with Gasteiger partial charge in [0.2, 0.25) is 11.9 Å². The van der Waals surface area contributed by atoms with E-state index in [0.29, 0.717) is 35.5 Å². The third kappa shape index (κ3) is 4.95. The van der Waals surface area contributed by atoms with E-state index in [4.69, 9.17) is 9.72 Å². The minimum absolute atomic E-state index is 0.0505. The highest BCUT2D eigenvalue weighted by molar-refractivity contribution is 6.02. The van der Waals surface area contributed by atoms with Gasteiger partial charge in [0, 0.05) is 24.7 Å². The van der Waals surface area contributed by atoms with Crippen LogP contribution in [0.4, 0.5) is 23.1 Å². The molecule has 1 saturated carbocycles. The SMILES string of the molecule is COc1cc(C(=O)NC2CCN(C)CC2)ccc1Nc1ncc2c(n1)N(C1CCCC1)CC(=O)N2C. The molecule has 36 heavy (non-hydrogen) atoms. The molecule has 1 saturated heterocycles. The van der Waals surface area contributed by atoms with Crippen LogP contribution >= 0.6 is 0 Å². The fourth-order valence-corrected chi connectivity index (χ4v) is 5.33. The number of hydrogen-bond acceptors (Lipinski definition) is 8. The second-order valence-electron chi connectivity index (χ2n) is 10.0. The standard InChI is InChI=1S/C26H35N7O3/c1-31-12-10-18(11-13-31)28-25(35)17-8-9-20(22(14-17)36-3)29-26-27-15-21-24(30-26)33(16-23(34)32(21)2)19-6-4-5-7-19/h8-9,14-15,18-19H,4-7,10-13,16H2,1-3H3,(H,28,35)(H,27,29,30). The van der Waals surface area contributed by atoms with Crippen molar-refractivity contribution < 1.29 is 14.3 Å². The summed E-state index contributed by atoms with van der Waals surface area (Å²) in [6.07, 6.45) is 8.08. The summed E-state index contributed by atoms with van der Waals surface area (Å²) in [6, 6.07) is 5.85. The van der Waals surface area contributed by atoms with E-state index in [2.05, 4.69) is 32.5 Å². The predicted molar refractivity (Wildman–Crippen MR) is 139 cm³/mol. The zero-order chi connectivity index (χ0) is 25.2. The lowest BCUT2D eigenvalue weighted by atomic mass is 10.0. The Bertz CT molecular complexity index is 1130. The Kier molecular flexibility index (Phi) is 6.95. The monoisotopic (exact) mass is 493 g/mol. The molecule has 1 aromatic carbocycles. The Morgan fingerprint density at radius 2 is 1.86 bits per heavy atom. The largest absolute Gasteiger partial charge is 0.495 e. The van der Waals surface area contributed by atoms with Crippen molar-refractivity contribution in [2.75, 3.05) is 56.0 Å². The highest BCUT2D eigenvalue weighted by Gasteiger charge is 2.34. The van der Waals surface area contributed by atoms with Gasteiger partial charge in [0.05, 0.1) is 25.5 Å². The molecule has 192 valence electrons. The Hall–Kier alpha value is -3.40. The number of amides is 2. The lowest BCUT2D eigenvalue weighted by Crippen LogP contribution is -2.48. The van der Waals surface area contributed by atoms with Gasteiger partial charge in [0.1, 0.15) is 11.4 Å². The maximum Gasteiger partial charge on any atom is 0.251 e. The Morgan fingerprint density at radius 3 is 2.58 bits per heavy atom. The van der Waals surface area contributed by atoms with Crippen LogP contribution in [-0.4, -0.2) is 79.6 Å². The fraction of sp³-hybridized carbons (Fsp3) is 0.538. The first-order chi connectivity index (χ1) is 17.4. The van der Waals surface area contributed by atoms with Gasteiger partial charge in [-0.1, -0.05) is 12.8 Å². The highest BCUT2D eigenvalue weighted by atomic mass is 16.5. The van der Waals surface area contributed by atoms with E-state index >= 15 is 0 Å². The molecule has 2 fully saturated rings. The average molecular weight is 494 g/mol. The number of anilines is 4. The number of piperidine rings is 1. The lowest BCUT2D eigenvalue weighted by Gasteiger charge is -2.37. The maximum atomic E-state index is 12.8. The molecule has 0 spiro atoms. The number of likely N-dealkylation sites (N-methyl/N-ethyl adjacent to an activating group) is 1. The molecule has 2 aromatic rings. The summed E-state index contributed by atoms with van der Waals surface area (Å²) in [5.41, 5.74) is 1.94. The predicted octanol–water partition coefficient (Wildman–Crippen LogP) is 2.78. The molecule has 1 aromatic heterocycles. The van der Waals surface area contributed by atoms with E-state index < -0.39 is 0 Å². The molecule has 2 N–H and O–H groups in total. The highest BCUT2D eigenvalue weighted by Crippen LogP contribution is 2.37. The summed E-state index contributed by atoms with van der Waals surface area (Å²) in [6.45, 7) is 2.30. The van der Waals surface area contributed by atoms with Gasteiger partial charge < -0.3 is 30.1 Å². The minimum atomic E-state index is -0.0978. The molecule has 2 amide bonds. The van der Waals surface area contributed by atoms with Gasteiger partial charge in [0.15, 0.2) is 5.82 Å². The van der Waals surface area contributed by atoms with Gasteiger partial charge in [-0.25, -0.2) is 4.98 Å². The topological polar surface area (TPSA) is 103 Å². The summed E-state index contributed by atoms with van der Waals surface area (Å²) < 4.78 is 5.59. The summed E-state index contributed by atoms with van der Waals surface area (Å²) in [5.74, 6) is 1.68. The van der Waals surface area contributed by atoms with E-state index in [1.54, 1.807) is 37.4 Å². The third-order valence-corrected chi connectivity index (χ3v) is 7.59. The van der Waals surface area contributed by atoms with Crippen molar-refractivity contribution in [1.29, 1.82) is 0 Å². The molecule has 0 unspecified atom stereocenters. The van der Waals surface area contributed by atoms with E-state index in [-0.39, 0.29) is 17.9 Å². The Balaban J connectivity index is 1.34. The van der Waals surface area contributed by atoms with Crippen LogP contribution in [-0.2, 0) is 4.79 Å². The van der Waals surface area contributed by atoms with Crippen LogP contribution in [0.5, 0.6) is 5.75 Å². The van der Waals surface area contributed by atoms with Crippen LogP contribution in [0.3, 0.4) is 0 Å². The van der Waals surface area contributed by atoms with E-state index in [1.165, 1.54) is 12.8 Å². The van der Waals surface area contributed by atoms with Crippen molar-refractivity contribution >= 4 is 35.0 Å². The minimum Gasteiger partial charge on any atom is -0.495 e. The van der Waals surface area contributed by atoms with Crippen LogP contribution in [0.2, 0.25) is 0 Å². The van der Waals surface area contributed by atoms with Gasteiger partial charge in [-0.15, -0.1) is 0 Å². The van der Waals surface area contributed by atoms with Crippen molar-refractivity contribution in [3.05, 3.63) is 30.0 Å². The number of benzene rings is 1. The number of aromatic nitrogens is 2. The molecular formula is C26H35N7O3. The molecule has 10 nitrogen and oxygen atoms in total. The zero-order valence-electron chi connectivity index (χ0n) is 21.3. The number of methoxy groups -OCH3 is 1. The van der Waals surface area contributed by atoms with Gasteiger partial charge in [-0.3, -0.25) is 9.59 Å². The number of nitrogens with zero attached hydrogens (tertiary/aromatic N) is 5. The summed E-state index contributed by atoms with van der Waals surface area (Å²) in [7, 11) is 5.45. The van der Waals surface area contributed by atoms with Gasteiger partial charge in [-0.05, 0) is 64.0 Å². The van der Waals surface area contributed by atoms with Crippen molar-refractivity contribution in [2.45, 2.75) is 50.6 Å². The number of hydrogen-bond donors (Lipinski definition) is 2. The number of nitrogens with one attached hydrogen (secondary N) is 2. The molecule has 0 bridgehead atoms. The number of ether oxygens (including phenoxy) is 1. The van der Waals surface area contributed by atoms with Crippen LogP contribution in [0, 0.1) is 0 Å². The van der Waals surface area contributed by atoms with Crippen molar-refractivity contribution in [1.82, 2.24) is 20.2 Å². The molecule has 0 atom stereocenters. The van der Waals surface area contributed by atoms with Crippen LogP contribution in [0.25, 0.3) is 0 Å². The number of rotatable bonds is 6. The second kappa shape index (κ2) is 10.3. The van der Waals surface area contributed by atoms with Gasteiger partial charge >= 0.3 is 0 Å². The maximum absolute atomic E-state index is 12.8. The number of carbonyl (C=O) groups is 2. The first-order valence-electron chi connectivity index (χ1n) is 12.8. The molecule has 0 radical (unpaired) electrons. The van der Waals surface area contributed by atoms with E-state index in [0.717, 1.165) is 50.3 Å². The van der Waals surface area contributed by atoms with Crippen LogP contribution in [0.1, 0.15) is 48.9 Å². The third-order valence-electron chi connectivity index (χ3n) is 7.59.